The molecule has 1 atom stereocenters. The van der Waals surface area contributed by atoms with Gasteiger partial charge in [0, 0.05) is 12.2 Å². The minimum atomic E-state index is 0.514. The van der Waals surface area contributed by atoms with Gasteiger partial charge in [0.1, 0.15) is 5.82 Å². The number of aromatic nitrogens is 1. The molecular formula is C11H18N2. The molecule has 0 aliphatic rings. The molecule has 13 heavy (non-hydrogen) atoms. The standard InChI is InChI=1S/C11H18N2/c1-4-5-10(3)13-11-7-6-9(2)8-12-11/h6-8,10H,4-5H2,1-3H3,(H,12,13). The van der Waals surface area contributed by atoms with Crippen molar-refractivity contribution in [2.75, 3.05) is 5.32 Å². The van der Waals surface area contributed by atoms with Crippen LogP contribution in [-0.4, -0.2) is 11.0 Å². The van der Waals surface area contributed by atoms with Crippen molar-refractivity contribution in [2.45, 2.75) is 39.7 Å². The van der Waals surface area contributed by atoms with Crippen molar-refractivity contribution >= 4 is 5.82 Å². The summed E-state index contributed by atoms with van der Waals surface area (Å²) in [5.74, 6) is 0.978. The zero-order valence-corrected chi connectivity index (χ0v) is 8.67. The number of pyridine rings is 1. The van der Waals surface area contributed by atoms with Gasteiger partial charge in [-0.25, -0.2) is 4.98 Å². The summed E-state index contributed by atoms with van der Waals surface area (Å²) < 4.78 is 0. The van der Waals surface area contributed by atoms with E-state index in [2.05, 4.69) is 30.2 Å². The van der Waals surface area contributed by atoms with E-state index in [-0.39, 0.29) is 0 Å². The molecule has 2 heteroatoms. The summed E-state index contributed by atoms with van der Waals surface area (Å²) in [7, 11) is 0. The maximum absolute atomic E-state index is 4.29. The first-order valence-corrected chi connectivity index (χ1v) is 4.91. The number of aryl methyl sites for hydroxylation is 1. The molecule has 0 spiro atoms. The van der Waals surface area contributed by atoms with Gasteiger partial charge in [0.2, 0.25) is 0 Å². The summed E-state index contributed by atoms with van der Waals surface area (Å²) in [6, 6.07) is 4.62. The number of nitrogens with one attached hydrogen (secondary N) is 1. The topological polar surface area (TPSA) is 24.9 Å². The van der Waals surface area contributed by atoms with Gasteiger partial charge in [-0.1, -0.05) is 19.4 Å². The van der Waals surface area contributed by atoms with E-state index in [0.717, 1.165) is 5.82 Å². The van der Waals surface area contributed by atoms with Crippen LogP contribution in [0.4, 0.5) is 5.82 Å². The lowest BCUT2D eigenvalue weighted by Crippen LogP contribution is -2.15. The van der Waals surface area contributed by atoms with Gasteiger partial charge in [-0.2, -0.15) is 0 Å². The molecule has 1 aromatic heterocycles. The quantitative estimate of drug-likeness (QED) is 0.766. The van der Waals surface area contributed by atoms with Crippen LogP contribution in [0.2, 0.25) is 0 Å². The molecule has 1 aromatic rings. The van der Waals surface area contributed by atoms with Crippen molar-refractivity contribution in [1.29, 1.82) is 0 Å². The van der Waals surface area contributed by atoms with Gasteiger partial charge in [0.15, 0.2) is 0 Å². The molecule has 2 nitrogen and oxygen atoms in total. The third-order valence-corrected chi connectivity index (χ3v) is 2.03. The van der Waals surface area contributed by atoms with Crippen LogP contribution < -0.4 is 5.32 Å². The van der Waals surface area contributed by atoms with E-state index >= 15 is 0 Å². The molecule has 0 saturated carbocycles. The van der Waals surface area contributed by atoms with Crippen LogP contribution in [0.1, 0.15) is 32.3 Å². The number of anilines is 1. The van der Waals surface area contributed by atoms with Crippen LogP contribution >= 0.6 is 0 Å². The average molecular weight is 178 g/mol. The predicted octanol–water partition coefficient (Wildman–Crippen LogP) is 2.99. The minimum Gasteiger partial charge on any atom is -0.368 e. The molecule has 0 aromatic carbocycles. The SMILES string of the molecule is CCCC(C)Nc1ccc(C)cn1. The molecule has 72 valence electrons. The number of rotatable bonds is 4. The maximum Gasteiger partial charge on any atom is 0.126 e. The van der Waals surface area contributed by atoms with Crippen molar-refractivity contribution in [3.05, 3.63) is 23.9 Å². The second-order valence-electron chi connectivity index (χ2n) is 3.55. The van der Waals surface area contributed by atoms with Crippen LogP contribution in [0.3, 0.4) is 0 Å². The largest absolute Gasteiger partial charge is 0.368 e. The van der Waals surface area contributed by atoms with E-state index in [4.69, 9.17) is 0 Å². The van der Waals surface area contributed by atoms with Crippen LogP contribution in [0.25, 0.3) is 0 Å². The first kappa shape index (κ1) is 10.0. The van der Waals surface area contributed by atoms with Crippen molar-refractivity contribution in [3.8, 4) is 0 Å². The van der Waals surface area contributed by atoms with E-state index in [1.165, 1.54) is 18.4 Å². The second-order valence-corrected chi connectivity index (χ2v) is 3.55. The zero-order valence-electron chi connectivity index (χ0n) is 8.67. The third-order valence-electron chi connectivity index (χ3n) is 2.03. The molecule has 0 fully saturated rings. The summed E-state index contributed by atoms with van der Waals surface area (Å²) in [6.07, 6.45) is 4.29. The molecule has 1 heterocycles. The van der Waals surface area contributed by atoms with Gasteiger partial charge < -0.3 is 5.32 Å². The average Bonchev–Trinajstić information content (AvgIpc) is 2.09. The van der Waals surface area contributed by atoms with Crippen molar-refractivity contribution in [3.63, 3.8) is 0 Å². The Bertz CT molecular complexity index is 241. The Morgan fingerprint density at radius 1 is 1.46 bits per heavy atom. The van der Waals surface area contributed by atoms with Crippen molar-refractivity contribution in [2.24, 2.45) is 0 Å². The normalized spacial score (nSPS) is 12.5. The van der Waals surface area contributed by atoms with Crippen molar-refractivity contribution < 1.29 is 0 Å². The third kappa shape index (κ3) is 3.45. The second kappa shape index (κ2) is 4.85. The fourth-order valence-corrected chi connectivity index (χ4v) is 1.31. The highest BCUT2D eigenvalue weighted by atomic mass is 15.0. The molecule has 1 N–H and O–H groups in total. The molecule has 0 aliphatic heterocycles. The van der Waals surface area contributed by atoms with E-state index in [9.17, 15) is 0 Å². The Morgan fingerprint density at radius 2 is 2.23 bits per heavy atom. The smallest absolute Gasteiger partial charge is 0.126 e. The molecule has 1 unspecified atom stereocenters. The van der Waals surface area contributed by atoms with Crippen LogP contribution in [0.5, 0.6) is 0 Å². The minimum absolute atomic E-state index is 0.514. The molecule has 0 radical (unpaired) electrons. The highest BCUT2D eigenvalue weighted by Crippen LogP contribution is 2.07. The summed E-state index contributed by atoms with van der Waals surface area (Å²) in [4.78, 5) is 4.29. The Balaban J connectivity index is 2.49. The van der Waals surface area contributed by atoms with E-state index < -0.39 is 0 Å². The lowest BCUT2D eigenvalue weighted by Gasteiger charge is -2.12. The van der Waals surface area contributed by atoms with E-state index in [0.29, 0.717) is 6.04 Å². The summed E-state index contributed by atoms with van der Waals surface area (Å²) in [5, 5.41) is 3.36. The van der Waals surface area contributed by atoms with E-state index in [1.807, 2.05) is 19.2 Å². The first-order chi connectivity index (χ1) is 6.22. The van der Waals surface area contributed by atoms with Gasteiger partial charge in [-0.05, 0) is 31.9 Å². The van der Waals surface area contributed by atoms with Gasteiger partial charge in [0.05, 0.1) is 0 Å². The lowest BCUT2D eigenvalue weighted by molar-refractivity contribution is 0.687. The number of hydrogen-bond donors (Lipinski definition) is 1. The Labute approximate surface area is 80.4 Å². The number of hydrogen-bond acceptors (Lipinski definition) is 2. The Morgan fingerprint density at radius 3 is 2.77 bits per heavy atom. The molecule has 0 saturated heterocycles. The fraction of sp³-hybridized carbons (Fsp3) is 0.545. The summed E-state index contributed by atoms with van der Waals surface area (Å²) in [5.41, 5.74) is 1.20. The van der Waals surface area contributed by atoms with E-state index in [1.54, 1.807) is 0 Å². The maximum atomic E-state index is 4.29. The Kier molecular flexibility index (Phi) is 3.74. The molecular weight excluding hydrogens is 160 g/mol. The predicted molar refractivity (Wildman–Crippen MR) is 57.0 cm³/mol. The fourth-order valence-electron chi connectivity index (χ4n) is 1.31. The highest BCUT2D eigenvalue weighted by Gasteiger charge is 2.00. The van der Waals surface area contributed by atoms with Gasteiger partial charge in [0.25, 0.3) is 0 Å². The van der Waals surface area contributed by atoms with Crippen LogP contribution in [0.15, 0.2) is 18.3 Å². The summed E-state index contributed by atoms with van der Waals surface area (Å²) >= 11 is 0. The summed E-state index contributed by atoms with van der Waals surface area (Å²) in [6.45, 7) is 6.43. The molecule has 0 aliphatic carbocycles. The molecule has 0 bridgehead atoms. The van der Waals surface area contributed by atoms with Gasteiger partial charge in [-0.15, -0.1) is 0 Å². The zero-order chi connectivity index (χ0) is 9.68. The monoisotopic (exact) mass is 178 g/mol. The van der Waals surface area contributed by atoms with Crippen molar-refractivity contribution in [1.82, 2.24) is 4.98 Å². The molecule has 1 rings (SSSR count). The highest BCUT2D eigenvalue weighted by molar-refractivity contribution is 5.35. The number of nitrogens with zero attached hydrogens (tertiary/aromatic N) is 1. The van der Waals surface area contributed by atoms with Gasteiger partial charge in [-0.3, -0.25) is 0 Å². The molecule has 0 amide bonds. The van der Waals surface area contributed by atoms with Crippen LogP contribution in [-0.2, 0) is 0 Å². The Hall–Kier alpha value is -1.05. The van der Waals surface area contributed by atoms with Crippen LogP contribution in [0, 0.1) is 6.92 Å². The lowest BCUT2D eigenvalue weighted by atomic mass is 10.2. The first-order valence-electron chi connectivity index (χ1n) is 4.91. The van der Waals surface area contributed by atoms with Gasteiger partial charge >= 0.3 is 0 Å².